The van der Waals surface area contributed by atoms with Gasteiger partial charge in [0, 0.05) is 12.1 Å². The van der Waals surface area contributed by atoms with Crippen LogP contribution in [0.1, 0.15) is 35.3 Å². The lowest BCUT2D eigenvalue weighted by atomic mass is 9.81. The molecule has 0 aromatic heterocycles. The molecule has 1 aliphatic rings. The van der Waals surface area contributed by atoms with Gasteiger partial charge in [-0.1, -0.05) is 12.1 Å². The first-order chi connectivity index (χ1) is 7.44. The molecule has 1 amide bonds. The molecule has 1 aromatic rings. The molecule has 0 saturated carbocycles. The summed E-state index contributed by atoms with van der Waals surface area (Å²) in [5, 5.41) is 11.9. The Hall–Kier alpha value is -1.84. The molecular formula is C12H13NO3. The Morgan fingerprint density at radius 1 is 1.44 bits per heavy atom. The number of hydrogen-bond donors (Lipinski definition) is 2. The van der Waals surface area contributed by atoms with Gasteiger partial charge in [-0.25, -0.2) is 0 Å². The van der Waals surface area contributed by atoms with Crippen molar-refractivity contribution < 1.29 is 14.7 Å². The lowest BCUT2D eigenvalue weighted by Gasteiger charge is -2.22. The Morgan fingerprint density at radius 3 is 2.75 bits per heavy atom. The Morgan fingerprint density at radius 2 is 2.12 bits per heavy atom. The van der Waals surface area contributed by atoms with Crippen LogP contribution in [0.2, 0.25) is 0 Å². The summed E-state index contributed by atoms with van der Waals surface area (Å²) >= 11 is 0. The monoisotopic (exact) mass is 219 g/mol. The quantitative estimate of drug-likeness (QED) is 0.787. The predicted octanol–water partition coefficient (Wildman–Crippen LogP) is 1.29. The van der Waals surface area contributed by atoms with Gasteiger partial charge in [0.15, 0.2) is 0 Å². The number of fused-ring (bicyclic) bond motifs is 1. The summed E-state index contributed by atoms with van der Waals surface area (Å²) in [7, 11) is 0. The van der Waals surface area contributed by atoms with E-state index >= 15 is 0 Å². The number of carbonyl (C=O) groups is 2. The van der Waals surface area contributed by atoms with E-state index in [1.54, 1.807) is 32.0 Å². The first kappa shape index (κ1) is 10.7. The molecule has 0 unspecified atom stereocenters. The van der Waals surface area contributed by atoms with E-state index < -0.39 is 11.4 Å². The molecule has 4 heteroatoms. The van der Waals surface area contributed by atoms with E-state index in [1.165, 1.54) is 0 Å². The van der Waals surface area contributed by atoms with Gasteiger partial charge < -0.3 is 10.4 Å². The van der Waals surface area contributed by atoms with E-state index in [9.17, 15) is 14.7 Å². The van der Waals surface area contributed by atoms with Crippen LogP contribution in [0, 0.1) is 0 Å². The van der Waals surface area contributed by atoms with Crippen molar-refractivity contribution in [2.24, 2.45) is 0 Å². The second-order valence-electron chi connectivity index (χ2n) is 4.44. The smallest absolute Gasteiger partial charge is 0.313 e. The van der Waals surface area contributed by atoms with Crippen LogP contribution in [-0.4, -0.2) is 17.0 Å². The van der Waals surface area contributed by atoms with E-state index in [0.29, 0.717) is 17.7 Å². The van der Waals surface area contributed by atoms with Gasteiger partial charge in [-0.05, 0) is 31.0 Å². The number of carbonyl (C=O) groups excluding carboxylic acids is 1. The normalized spacial score (nSPS) is 14.5. The minimum atomic E-state index is -0.975. The summed E-state index contributed by atoms with van der Waals surface area (Å²) in [6.45, 7) is 3.71. The van der Waals surface area contributed by atoms with Crippen LogP contribution in [0.15, 0.2) is 18.2 Å². The highest BCUT2D eigenvalue weighted by atomic mass is 16.4. The average molecular weight is 219 g/mol. The van der Waals surface area contributed by atoms with Gasteiger partial charge >= 0.3 is 5.97 Å². The molecule has 0 atom stereocenters. The molecule has 0 saturated heterocycles. The lowest BCUT2D eigenvalue weighted by Crippen LogP contribution is -2.29. The summed E-state index contributed by atoms with van der Waals surface area (Å²) in [4.78, 5) is 22.7. The number of aliphatic carboxylic acids is 1. The molecule has 0 fully saturated rings. The van der Waals surface area contributed by atoms with Crippen molar-refractivity contribution in [2.75, 3.05) is 0 Å². The van der Waals surface area contributed by atoms with E-state index in [0.717, 1.165) is 5.56 Å². The van der Waals surface area contributed by atoms with Gasteiger partial charge in [-0.2, -0.15) is 0 Å². The van der Waals surface area contributed by atoms with Crippen LogP contribution in [-0.2, 0) is 16.8 Å². The minimum Gasteiger partial charge on any atom is -0.481 e. The first-order valence-electron chi connectivity index (χ1n) is 5.08. The van der Waals surface area contributed by atoms with Gasteiger partial charge in [-0.3, -0.25) is 9.59 Å². The van der Waals surface area contributed by atoms with E-state index in [4.69, 9.17) is 0 Å². The highest BCUT2D eigenvalue weighted by Gasteiger charge is 2.34. The fourth-order valence-corrected chi connectivity index (χ4v) is 1.95. The molecule has 1 heterocycles. The molecular weight excluding hydrogens is 206 g/mol. The molecule has 2 N–H and O–H groups in total. The maximum atomic E-state index is 11.5. The SMILES string of the molecule is CC(C)(C(=O)O)c1cccc2c1CNC2=O. The zero-order chi connectivity index (χ0) is 11.9. The zero-order valence-electron chi connectivity index (χ0n) is 9.20. The predicted molar refractivity (Wildman–Crippen MR) is 58.3 cm³/mol. The van der Waals surface area contributed by atoms with Gasteiger partial charge in [0.1, 0.15) is 0 Å². The summed E-state index contributed by atoms with van der Waals surface area (Å²) in [5.74, 6) is -1.02. The highest BCUT2D eigenvalue weighted by molar-refractivity contribution is 5.99. The van der Waals surface area contributed by atoms with Gasteiger partial charge in [0.25, 0.3) is 5.91 Å². The van der Waals surface area contributed by atoms with Crippen LogP contribution in [0.25, 0.3) is 0 Å². The van der Waals surface area contributed by atoms with Crippen molar-refractivity contribution in [3.63, 3.8) is 0 Å². The second-order valence-corrected chi connectivity index (χ2v) is 4.44. The van der Waals surface area contributed by atoms with Gasteiger partial charge in [0.05, 0.1) is 5.41 Å². The fraction of sp³-hybridized carbons (Fsp3) is 0.333. The maximum absolute atomic E-state index is 11.5. The molecule has 0 spiro atoms. The number of amides is 1. The van der Waals surface area contributed by atoms with Crippen molar-refractivity contribution in [2.45, 2.75) is 25.8 Å². The Balaban J connectivity index is 2.60. The van der Waals surface area contributed by atoms with Crippen LogP contribution in [0.4, 0.5) is 0 Å². The molecule has 4 nitrogen and oxygen atoms in total. The van der Waals surface area contributed by atoms with Crippen LogP contribution in [0.3, 0.4) is 0 Å². The van der Waals surface area contributed by atoms with E-state index in [1.807, 2.05) is 0 Å². The molecule has 0 aliphatic carbocycles. The van der Waals surface area contributed by atoms with E-state index in [-0.39, 0.29) is 5.91 Å². The van der Waals surface area contributed by atoms with Crippen molar-refractivity contribution in [3.05, 3.63) is 34.9 Å². The Bertz CT molecular complexity index is 477. The number of benzene rings is 1. The number of carboxylic acid groups (broad SMARTS) is 1. The summed E-state index contributed by atoms with van der Waals surface area (Å²) in [5.41, 5.74) is 1.13. The third-order valence-corrected chi connectivity index (χ3v) is 3.05. The maximum Gasteiger partial charge on any atom is 0.313 e. The van der Waals surface area contributed by atoms with Gasteiger partial charge in [-0.15, -0.1) is 0 Å². The summed E-state index contributed by atoms with van der Waals surface area (Å²) in [6.07, 6.45) is 0. The molecule has 2 rings (SSSR count). The second kappa shape index (κ2) is 3.33. The minimum absolute atomic E-state index is 0.127. The Kier molecular flexibility index (Phi) is 2.22. The standard InChI is InChI=1S/C12H13NO3/c1-12(2,11(15)16)9-5-3-4-7-8(9)6-13-10(7)14/h3-5H,6H2,1-2H3,(H,13,14)(H,15,16). The molecule has 16 heavy (non-hydrogen) atoms. The fourth-order valence-electron chi connectivity index (χ4n) is 1.95. The molecule has 0 bridgehead atoms. The Labute approximate surface area is 93.3 Å². The third kappa shape index (κ3) is 1.38. The van der Waals surface area contributed by atoms with Crippen molar-refractivity contribution in [1.29, 1.82) is 0 Å². The molecule has 0 radical (unpaired) electrons. The number of carboxylic acids is 1. The summed E-state index contributed by atoms with van der Waals surface area (Å²) in [6, 6.07) is 5.22. The number of rotatable bonds is 2. The largest absolute Gasteiger partial charge is 0.481 e. The number of nitrogens with one attached hydrogen (secondary N) is 1. The third-order valence-electron chi connectivity index (χ3n) is 3.05. The summed E-state index contributed by atoms with van der Waals surface area (Å²) < 4.78 is 0. The zero-order valence-corrected chi connectivity index (χ0v) is 9.20. The van der Waals surface area contributed by atoms with E-state index in [2.05, 4.69) is 5.32 Å². The molecule has 1 aliphatic heterocycles. The van der Waals surface area contributed by atoms with Crippen LogP contribution < -0.4 is 5.32 Å². The van der Waals surface area contributed by atoms with Crippen LogP contribution in [0.5, 0.6) is 0 Å². The van der Waals surface area contributed by atoms with Crippen LogP contribution >= 0.6 is 0 Å². The first-order valence-corrected chi connectivity index (χ1v) is 5.08. The molecule has 84 valence electrons. The van der Waals surface area contributed by atoms with Crippen molar-refractivity contribution in [3.8, 4) is 0 Å². The highest BCUT2D eigenvalue weighted by Crippen LogP contribution is 2.30. The number of hydrogen-bond acceptors (Lipinski definition) is 2. The topological polar surface area (TPSA) is 66.4 Å². The van der Waals surface area contributed by atoms with Gasteiger partial charge in [0.2, 0.25) is 0 Å². The van der Waals surface area contributed by atoms with Crippen molar-refractivity contribution in [1.82, 2.24) is 5.32 Å². The average Bonchev–Trinajstić information content (AvgIpc) is 2.60. The van der Waals surface area contributed by atoms with Crippen molar-refractivity contribution >= 4 is 11.9 Å². The lowest BCUT2D eigenvalue weighted by molar-refractivity contribution is -0.142. The molecule has 1 aromatic carbocycles.